The van der Waals surface area contributed by atoms with Crippen molar-refractivity contribution in [3.8, 4) is 0 Å². The predicted octanol–water partition coefficient (Wildman–Crippen LogP) is 2.11. The highest BCUT2D eigenvalue weighted by atomic mass is 19.4. The maximum atomic E-state index is 12.3. The van der Waals surface area contributed by atoms with E-state index in [4.69, 9.17) is 0 Å². The van der Waals surface area contributed by atoms with Crippen molar-refractivity contribution in [1.29, 1.82) is 0 Å². The van der Waals surface area contributed by atoms with Crippen molar-refractivity contribution in [3.63, 3.8) is 0 Å². The van der Waals surface area contributed by atoms with Crippen LogP contribution in [0.5, 0.6) is 0 Å². The first kappa shape index (κ1) is 19.4. The van der Waals surface area contributed by atoms with Crippen LogP contribution in [0, 0.1) is 10.1 Å². The average molecular weight is 376 g/mol. The van der Waals surface area contributed by atoms with E-state index in [0.717, 1.165) is 17.1 Å². The molecule has 1 amide bonds. The van der Waals surface area contributed by atoms with Crippen molar-refractivity contribution in [2.24, 2.45) is 0 Å². The number of nitrogens with zero attached hydrogens (tertiary/aromatic N) is 5. The Balaban J connectivity index is 1.96. The summed E-state index contributed by atoms with van der Waals surface area (Å²) in [5.41, 5.74) is -0.00315. The second-order valence-electron chi connectivity index (χ2n) is 5.21. The molecule has 1 N–H and O–H groups in total. The first-order valence-electron chi connectivity index (χ1n) is 7.36. The van der Waals surface area contributed by atoms with Gasteiger partial charge in [-0.15, -0.1) is 0 Å². The number of alkyl halides is 3. The molecule has 0 saturated heterocycles. The number of halogens is 3. The smallest absolute Gasteiger partial charge is 0.350 e. The van der Waals surface area contributed by atoms with Gasteiger partial charge in [-0.05, 0) is 6.42 Å². The fourth-order valence-electron chi connectivity index (χ4n) is 2.06. The largest absolute Gasteiger partial charge is 0.411 e. The number of nitrogens with one attached hydrogen (secondary N) is 1. The third-order valence-corrected chi connectivity index (χ3v) is 3.20. The second-order valence-corrected chi connectivity index (χ2v) is 5.21. The molecule has 2 heterocycles. The molecule has 0 fully saturated rings. The summed E-state index contributed by atoms with van der Waals surface area (Å²) < 4.78 is 42.7. The van der Waals surface area contributed by atoms with Crippen molar-refractivity contribution >= 4 is 17.3 Å². The van der Waals surface area contributed by atoms with Crippen LogP contribution in [-0.4, -0.2) is 43.2 Å². The second kappa shape index (κ2) is 7.95. The van der Waals surface area contributed by atoms with Gasteiger partial charge in [-0.2, -0.15) is 23.4 Å². The van der Waals surface area contributed by atoms with E-state index in [1.54, 1.807) is 6.92 Å². The first-order chi connectivity index (χ1) is 12.2. The zero-order chi connectivity index (χ0) is 19.3. The molecule has 2 rings (SSSR count). The van der Waals surface area contributed by atoms with Gasteiger partial charge < -0.3 is 10.1 Å². The van der Waals surface area contributed by atoms with Crippen molar-refractivity contribution in [2.45, 2.75) is 32.3 Å². The van der Waals surface area contributed by atoms with Crippen LogP contribution in [0.15, 0.2) is 24.8 Å². The van der Waals surface area contributed by atoms with Crippen molar-refractivity contribution in [1.82, 2.24) is 19.6 Å². The lowest BCUT2D eigenvalue weighted by molar-refractivity contribution is -0.385. The molecule has 0 radical (unpaired) electrons. The van der Waals surface area contributed by atoms with Crippen LogP contribution in [0.2, 0.25) is 0 Å². The number of carbonyl (C=O) groups is 1. The Labute approximate surface area is 144 Å². The van der Waals surface area contributed by atoms with Crippen LogP contribution >= 0.6 is 0 Å². The highest BCUT2D eigenvalue weighted by molar-refractivity contribution is 5.93. The van der Waals surface area contributed by atoms with Crippen LogP contribution in [0.25, 0.3) is 0 Å². The standard InChI is InChI=1S/C13H15F3N6O4/c1-2-11(21-6-10(4-18-21)22(24)25)12(23)19-9-3-17-20(5-9)8-26-7-13(14,15)16/h3-6,11H,2,7-8H2,1H3,(H,19,23). The SMILES string of the molecule is CCC(C(=O)Nc1cnn(COCC(F)(F)F)c1)n1cc([N+](=O)[O-])cn1. The molecule has 2 aromatic rings. The van der Waals surface area contributed by atoms with E-state index in [1.807, 2.05) is 0 Å². The molecular formula is C13H15F3N6O4. The van der Waals surface area contributed by atoms with E-state index >= 15 is 0 Å². The fourth-order valence-corrected chi connectivity index (χ4v) is 2.06. The predicted molar refractivity (Wildman–Crippen MR) is 81.1 cm³/mol. The summed E-state index contributed by atoms with van der Waals surface area (Å²) >= 11 is 0. The molecule has 0 spiro atoms. The molecule has 1 unspecified atom stereocenters. The quantitative estimate of drug-likeness (QED) is 0.557. The van der Waals surface area contributed by atoms with Gasteiger partial charge in [0.05, 0.1) is 23.0 Å². The van der Waals surface area contributed by atoms with E-state index in [2.05, 4.69) is 20.3 Å². The lowest BCUT2D eigenvalue weighted by atomic mass is 10.2. The number of rotatable bonds is 8. The molecule has 0 bridgehead atoms. The Morgan fingerprint density at radius 3 is 2.69 bits per heavy atom. The van der Waals surface area contributed by atoms with Crippen LogP contribution in [-0.2, 0) is 16.3 Å². The Kier molecular flexibility index (Phi) is 5.92. The van der Waals surface area contributed by atoms with E-state index < -0.39 is 36.4 Å². The van der Waals surface area contributed by atoms with Crippen LogP contribution in [0.1, 0.15) is 19.4 Å². The third kappa shape index (κ3) is 5.27. The monoisotopic (exact) mass is 376 g/mol. The Morgan fingerprint density at radius 2 is 2.12 bits per heavy atom. The molecule has 26 heavy (non-hydrogen) atoms. The molecule has 0 aromatic carbocycles. The van der Waals surface area contributed by atoms with E-state index in [9.17, 15) is 28.1 Å². The number of anilines is 1. The van der Waals surface area contributed by atoms with Gasteiger partial charge >= 0.3 is 11.9 Å². The zero-order valence-corrected chi connectivity index (χ0v) is 13.5. The molecule has 0 aliphatic heterocycles. The van der Waals surface area contributed by atoms with E-state index in [0.29, 0.717) is 6.42 Å². The fraction of sp³-hybridized carbons (Fsp3) is 0.462. The van der Waals surface area contributed by atoms with Gasteiger partial charge in [0.15, 0.2) is 0 Å². The summed E-state index contributed by atoms with van der Waals surface area (Å²) in [6, 6.07) is -0.798. The van der Waals surface area contributed by atoms with Gasteiger partial charge in [-0.3, -0.25) is 19.6 Å². The molecular weight excluding hydrogens is 361 g/mol. The van der Waals surface area contributed by atoms with Gasteiger partial charge in [0.1, 0.15) is 31.8 Å². The summed E-state index contributed by atoms with van der Waals surface area (Å²) in [5.74, 6) is -0.499. The lowest BCUT2D eigenvalue weighted by Gasteiger charge is -2.14. The zero-order valence-electron chi connectivity index (χ0n) is 13.5. The van der Waals surface area contributed by atoms with Crippen LogP contribution in [0.4, 0.5) is 24.5 Å². The van der Waals surface area contributed by atoms with Gasteiger partial charge in [0.25, 0.3) is 0 Å². The van der Waals surface area contributed by atoms with Crippen molar-refractivity contribution in [2.75, 3.05) is 11.9 Å². The Morgan fingerprint density at radius 1 is 1.38 bits per heavy atom. The minimum atomic E-state index is -4.44. The number of ether oxygens (including phenoxy) is 1. The number of aromatic nitrogens is 4. The minimum Gasteiger partial charge on any atom is -0.350 e. The lowest BCUT2D eigenvalue weighted by Crippen LogP contribution is -2.25. The van der Waals surface area contributed by atoms with Gasteiger partial charge in [0.2, 0.25) is 5.91 Å². The van der Waals surface area contributed by atoms with Crippen LogP contribution < -0.4 is 5.32 Å². The molecule has 0 aliphatic carbocycles. The Hall–Kier alpha value is -2.96. The van der Waals surface area contributed by atoms with Gasteiger partial charge in [-0.1, -0.05) is 6.92 Å². The van der Waals surface area contributed by atoms with Crippen LogP contribution in [0.3, 0.4) is 0 Å². The molecule has 1 atom stereocenters. The Bertz CT molecular complexity index is 772. The van der Waals surface area contributed by atoms with E-state index in [-0.39, 0.29) is 11.4 Å². The maximum absolute atomic E-state index is 12.3. The number of carbonyl (C=O) groups excluding carboxylic acids is 1. The van der Waals surface area contributed by atoms with Gasteiger partial charge in [-0.25, -0.2) is 4.68 Å². The highest BCUT2D eigenvalue weighted by Crippen LogP contribution is 2.18. The average Bonchev–Trinajstić information content (AvgIpc) is 3.17. The summed E-state index contributed by atoms with van der Waals surface area (Å²) in [5, 5.41) is 20.8. The normalized spacial score (nSPS) is 12.8. The maximum Gasteiger partial charge on any atom is 0.411 e. The first-order valence-corrected chi connectivity index (χ1v) is 7.36. The van der Waals surface area contributed by atoms with Gasteiger partial charge in [0, 0.05) is 0 Å². The minimum absolute atomic E-state index is 0.241. The molecule has 2 aromatic heterocycles. The highest BCUT2D eigenvalue weighted by Gasteiger charge is 2.27. The van der Waals surface area contributed by atoms with E-state index in [1.165, 1.54) is 17.1 Å². The summed E-state index contributed by atoms with van der Waals surface area (Å²) in [6.45, 7) is -0.144. The summed E-state index contributed by atoms with van der Waals surface area (Å²) in [7, 11) is 0. The topological polar surface area (TPSA) is 117 Å². The number of nitro groups is 1. The number of hydrogen-bond acceptors (Lipinski definition) is 6. The number of amides is 1. The third-order valence-electron chi connectivity index (χ3n) is 3.20. The molecule has 142 valence electrons. The molecule has 10 nitrogen and oxygen atoms in total. The number of hydrogen-bond donors (Lipinski definition) is 1. The molecule has 0 saturated carbocycles. The summed E-state index contributed by atoms with van der Waals surface area (Å²) in [4.78, 5) is 22.4. The van der Waals surface area contributed by atoms with Crippen molar-refractivity contribution in [3.05, 3.63) is 34.9 Å². The molecule has 13 heteroatoms. The molecule has 0 aliphatic rings. The summed E-state index contributed by atoms with van der Waals surface area (Å²) in [6.07, 6.45) is 0.589. The van der Waals surface area contributed by atoms with Crippen molar-refractivity contribution < 1.29 is 27.6 Å².